The van der Waals surface area contributed by atoms with Crippen LogP contribution in [0.4, 0.5) is 0 Å². The fraction of sp³-hybridized carbons (Fsp3) is 0.500. The zero-order valence-corrected chi connectivity index (χ0v) is 16.8. The van der Waals surface area contributed by atoms with E-state index in [4.69, 9.17) is 4.74 Å². The fourth-order valence-electron chi connectivity index (χ4n) is 4.06. The van der Waals surface area contributed by atoms with Crippen molar-refractivity contribution in [3.63, 3.8) is 0 Å². The van der Waals surface area contributed by atoms with Gasteiger partial charge in [-0.05, 0) is 24.8 Å². The zero-order valence-electron chi connectivity index (χ0n) is 16.8. The Morgan fingerprint density at radius 2 is 1.97 bits per heavy atom. The molecule has 1 aromatic heterocycles. The number of hydrogen-bond donors (Lipinski definition) is 1. The highest BCUT2D eigenvalue weighted by atomic mass is 16.5. The average Bonchev–Trinajstić information content (AvgIpc) is 3.21. The molecular formula is C22H28N4O3. The van der Waals surface area contributed by atoms with Crippen LogP contribution in [0.1, 0.15) is 54.0 Å². The number of rotatable bonds is 5. The topological polar surface area (TPSA) is 76.5 Å². The number of piperidine rings is 1. The first kappa shape index (κ1) is 19.6. The minimum absolute atomic E-state index is 0.00326. The third-order valence-electron chi connectivity index (χ3n) is 5.81. The number of imidazole rings is 1. The molecule has 2 aliphatic heterocycles. The van der Waals surface area contributed by atoms with Crippen molar-refractivity contribution in [1.82, 2.24) is 19.8 Å². The second kappa shape index (κ2) is 8.78. The van der Waals surface area contributed by atoms with E-state index in [1.54, 1.807) is 6.33 Å². The van der Waals surface area contributed by atoms with Crippen LogP contribution in [0.3, 0.4) is 0 Å². The van der Waals surface area contributed by atoms with Gasteiger partial charge < -0.3 is 19.5 Å². The van der Waals surface area contributed by atoms with E-state index in [1.807, 2.05) is 34.6 Å². The highest BCUT2D eigenvalue weighted by Gasteiger charge is 2.32. The van der Waals surface area contributed by atoms with Crippen LogP contribution in [0.15, 0.2) is 36.7 Å². The normalized spacial score (nSPS) is 19.6. The van der Waals surface area contributed by atoms with Crippen LogP contribution in [0, 0.1) is 5.92 Å². The molecule has 2 amide bonds. The predicted octanol–water partition coefficient (Wildman–Crippen LogP) is 2.53. The maximum Gasteiger partial charge on any atom is 0.274 e. The summed E-state index contributed by atoms with van der Waals surface area (Å²) in [6.45, 7) is 4.95. The Morgan fingerprint density at radius 1 is 1.21 bits per heavy atom. The molecule has 3 heterocycles. The Morgan fingerprint density at radius 3 is 2.69 bits per heavy atom. The molecule has 0 unspecified atom stereocenters. The summed E-state index contributed by atoms with van der Waals surface area (Å²) in [6.07, 6.45) is 4.04. The first-order valence-electron chi connectivity index (χ1n) is 10.4. The van der Waals surface area contributed by atoms with Crippen molar-refractivity contribution in [2.75, 3.05) is 19.6 Å². The first-order valence-corrected chi connectivity index (χ1v) is 10.4. The van der Waals surface area contributed by atoms with Crippen LogP contribution in [0.5, 0.6) is 0 Å². The third-order valence-corrected chi connectivity index (χ3v) is 5.81. The van der Waals surface area contributed by atoms with Gasteiger partial charge in [0.15, 0.2) is 5.69 Å². The van der Waals surface area contributed by atoms with E-state index in [2.05, 4.69) is 22.4 Å². The van der Waals surface area contributed by atoms with Gasteiger partial charge in [-0.2, -0.15) is 0 Å². The largest absolute Gasteiger partial charge is 0.365 e. The van der Waals surface area contributed by atoms with E-state index >= 15 is 0 Å². The number of nitrogens with one attached hydrogen (secondary N) is 1. The van der Waals surface area contributed by atoms with E-state index in [1.165, 1.54) is 0 Å². The van der Waals surface area contributed by atoms with E-state index < -0.39 is 0 Å². The molecule has 1 N–H and O–H groups in total. The van der Waals surface area contributed by atoms with Crippen LogP contribution in [-0.2, 0) is 22.7 Å². The van der Waals surface area contributed by atoms with Crippen LogP contribution in [0.2, 0.25) is 0 Å². The summed E-state index contributed by atoms with van der Waals surface area (Å²) in [5.41, 5.74) is 2.44. The number of carbonyl (C=O) groups excluding carboxylic acids is 2. The minimum atomic E-state index is -0.0621. The lowest BCUT2D eigenvalue weighted by Gasteiger charge is -2.31. The Bertz CT molecular complexity index is 856. The second-order valence-electron chi connectivity index (χ2n) is 7.76. The standard InChI is InChI=1S/C22H28N4O3/c1-2-10-23-21(27)17-8-11-25(12-9-17)22(28)20-18-14-29-19(13-26(18)15-24-20)16-6-4-3-5-7-16/h3-7,15,17,19H,2,8-14H2,1H3,(H,23,27)/t19-/m1/s1. The molecule has 7 nitrogen and oxygen atoms in total. The van der Waals surface area contributed by atoms with Crippen molar-refractivity contribution in [2.45, 2.75) is 45.4 Å². The van der Waals surface area contributed by atoms with Crippen molar-refractivity contribution in [1.29, 1.82) is 0 Å². The predicted molar refractivity (Wildman–Crippen MR) is 108 cm³/mol. The van der Waals surface area contributed by atoms with E-state index in [0.29, 0.717) is 51.3 Å². The van der Waals surface area contributed by atoms with Crippen molar-refractivity contribution in [3.8, 4) is 0 Å². The second-order valence-corrected chi connectivity index (χ2v) is 7.76. The molecule has 0 spiro atoms. The van der Waals surface area contributed by atoms with Gasteiger partial charge in [-0.25, -0.2) is 4.98 Å². The molecule has 0 radical (unpaired) electrons. The molecule has 29 heavy (non-hydrogen) atoms. The molecule has 1 fully saturated rings. The lowest BCUT2D eigenvalue weighted by molar-refractivity contribution is -0.126. The molecule has 1 saturated heterocycles. The summed E-state index contributed by atoms with van der Waals surface area (Å²) in [5, 5.41) is 2.96. The SMILES string of the molecule is CCCNC(=O)C1CCN(C(=O)c2ncn3c2CO[C@@H](c2ccccc2)C3)CC1. The molecule has 0 saturated carbocycles. The van der Waals surface area contributed by atoms with Crippen LogP contribution >= 0.6 is 0 Å². The average molecular weight is 396 g/mol. The van der Waals surface area contributed by atoms with Gasteiger partial charge >= 0.3 is 0 Å². The number of benzene rings is 1. The molecule has 154 valence electrons. The third kappa shape index (κ3) is 4.19. The van der Waals surface area contributed by atoms with Crippen molar-refractivity contribution in [2.24, 2.45) is 5.92 Å². The summed E-state index contributed by atoms with van der Waals surface area (Å²) in [5.74, 6) is 0.0445. The molecule has 2 aliphatic rings. The maximum absolute atomic E-state index is 13.0. The van der Waals surface area contributed by atoms with Gasteiger partial charge in [-0.15, -0.1) is 0 Å². The Labute approximate surface area is 171 Å². The number of amides is 2. The summed E-state index contributed by atoms with van der Waals surface area (Å²) in [6, 6.07) is 10.1. The van der Waals surface area contributed by atoms with Gasteiger partial charge in [0.2, 0.25) is 5.91 Å². The monoisotopic (exact) mass is 396 g/mol. The summed E-state index contributed by atoms with van der Waals surface area (Å²) in [7, 11) is 0. The highest BCUT2D eigenvalue weighted by molar-refractivity contribution is 5.93. The molecule has 1 aromatic carbocycles. The lowest BCUT2D eigenvalue weighted by atomic mass is 9.95. The number of fused-ring (bicyclic) bond motifs is 1. The maximum atomic E-state index is 13.0. The number of ether oxygens (including phenoxy) is 1. The summed E-state index contributed by atoms with van der Waals surface area (Å²) >= 11 is 0. The highest BCUT2D eigenvalue weighted by Crippen LogP contribution is 2.28. The molecule has 1 atom stereocenters. The van der Waals surface area contributed by atoms with E-state index in [9.17, 15) is 9.59 Å². The number of hydrogen-bond acceptors (Lipinski definition) is 4. The van der Waals surface area contributed by atoms with E-state index in [0.717, 1.165) is 17.7 Å². The van der Waals surface area contributed by atoms with Gasteiger partial charge in [-0.1, -0.05) is 37.3 Å². The van der Waals surface area contributed by atoms with Crippen molar-refractivity contribution in [3.05, 3.63) is 53.6 Å². The molecule has 7 heteroatoms. The fourth-order valence-corrected chi connectivity index (χ4v) is 4.06. The molecule has 2 aromatic rings. The number of nitrogens with zero attached hydrogens (tertiary/aromatic N) is 3. The van der Waals surface area contributed by atoms with Gasteiger partial charge in [0.05, 0.1) is 25.2 Å². The Kier molecular flexibility index (Phi) is 5.94. The van der Waals surface area contributed by atoms with Gasteiger partial charge in [0.1, 0.15) is 6.10 Å². The summed E-state index contributed by atoms with van der Waals surface area (Å²) in [4.78, 5) is 31.4. The number of carbonyl (C=O) groups is 2. The van der Waals surface area contributed by atoms with Crippen LogP contribution < -0.4 is 5.32 Å². The van der Waals surface area contributed by atoms with Crippen molar-refractivity contribution < 1.29 is 14.3 Å². The lowest BCUT2D eigenvalue weighted by Crippen LogP contribution is -2.43. The Balaban J connectivity index is 1.38. The van der Waals surface area contributed by atoms with Crippen LogP contribution in [-0.4, -0.2) is 45.9 Å². The molecule has 0 aliphatic carbocycles. The Hall–Kier alpha value is -2.67. The van der Waals surface area contributed by atoms with Crippen LogP contribution in [0.25, 0.3) is 0 Å². The van der Waals surface area contributed by atoms with Crippen molar-refractivity contribution >= 4 is 11.8 Å². The van der Waals surface area contributed by atoms with Gasteiger partial charge in [0.25, 0.3) is 5.91 Å². The van der Waals surface area contributed by atoms with Gasteiger partial charge in [0, 0.05) is 25.6 Å². The minimum Gasteiger partial charge on any atom is -0.365 e. The zero-order chi connectivity index (χ0) is 20.2. The van der Waals surface area contributed by atoms with Gasteiger partial charge in [-0.3, -0.25) is 9.59 Å². The van der Waals surface area contributed by atoms with E-state index in [-0.39, 0.29) is 23.8 Å². The number of aromatic nitrogens is 2. The first-order chi connectivity index (χ1) is 14.2. The quantitative estimate of drug-likeness (QED) is 0.843. The molecule has 4 rings (SSSR count). The summed E-state index contributed by atoms with van der Waals surface area (Å²) < 4.78 is 8.06. The molecule has 0 bridgehead atoms. The number of likely N-dealkylation sites (tertiary alicyclic amines) is 1. The molecular weight excluding hydrogens is 368 g/mol. The smallest absolute Gasteiger partial charge is 0.274 e.